The second-order valence-corrected chi connectivity index (χ2v) is 3.22. The topological polar surface area (TPSA) is 35.2 Å². The van der Waals surface area contributed by atoms with Crippen molar-refractivity contribution in [2.75, 3.05) is 6.54 Å². The van der Waals surface area contributed by atoms with Crippen molar-refractivity contribution in [3.8, 4) is 5.75 Å². The maximum absolute atomic E-state index is 12.6. The van der Waals surface area contributed by atoms with Gasteiger partial charge >= 0.3 is 0 Å². The maximum Gasteiger partial charge on any atom is 0.123 e. The molecule has 3 heteroatoms. The number of rotatable bonds is 5. The van der Waals surface area contributed by atoms with Gasteiger partial charge in [0.1, 0.15) is 17.7 Å². The number of nitrogens with two attached hydrogens (primary N) is 1. The Morgan fingerprint density at radius 1 is 1.36 bits per heavy atom. The maximum atomic E-state index is 12.6. The molecule has 0 spiro atoms. The summed E-state index contributed by atoms with van der Waals surface area (Å²) in [7, 11) is 0. The molecular formula is C11H16FNO. The van der Waals surface area contributed by atoms with E-state index in [9.17, 15) is 4.39 Å². The van der Waals surface area contributed by atoms with Crippen LogP contribution in [0.5, 0.6) is 5.75 Å². The second-order valence-electron chi connectivity index (χ2n) is 3.22. The third-order valence-electron chi connectivity index (χ3n) is 1.99. The fraction of sp³-hybridized carbons (Fsp3) is 0.455. The molecule has 0 saturated heterocycles. The highest BCUT2D eigenvalue weighted by atomic mass is 19.1. The molecular weight excluding hydrogens is 181 g/mol. The number of benzene rings is 1. The van der Waals surface area contributed by atoms with Crippen molar-refractivity contribution < 1.29 is 9.13 Å². The molecule has 0 aliphatic carbocycles. The van der Waals surface area contributed by atoms with Crippen molar-refractivity contribution in [1.82, 2.24) is 0 Å². The Hall–Kier alpha value is -1.09. The summed E-state index contributed by atoms with van der Waals surface area (Å²) in [4.78, 5) is 0. The van der Waals surface area contributed by atoms with Crippen molar-refractivity contribution in [2.24, 2.45) is 5.73 Å². The van der Waals surface area contributed by atoms with E-state index in [4.69, 9.17) is 10.5 Å². The summed E-state index contributed by atoms with van der Waals surface area (Å²) in [6, 6.07) is 6.00. The van der Waals surface area contributed by atoms with Gasteiger partial charge in [0.2, 0.25) is 0 Å². The minimum Gasteiger partial charge on any atom is -0.489 e. The van der Waals surface area contributed by atoms with Crippen LogP contribution in [0.1, 0.15) is 19.8 Å². The summed E-state index contributed by atoms with van der Waals surface area (Å²) in [5, 5.41) is 0. The minimum atomic E-state index is -0.253. The zero-order valence-corrected chi connectivity index (χ0v) is 8.37. The first-order valence-corrected chi connectivity index (χ1v) is 4.88. The van der Waals surface area contributed by atoms with Gasteiger partial charge in [-0.25, -0.2) is 4.39 Å². The molecule has 0 bridgehead atoms. The van der Waals surface area contributed by atoms with E-state index in [1.54, 1.807) is 12.1 Å². The van der Waals surface area contributed by atoms with E-state index in [1.165, 1.54) is 12.1 Å². The van der Waals surface area contributed by atoms with Gasteiger partial charge in [0.05, 0.1) is 0 Å². The van der Waals surface area contributed by atoms with Crippen LogP contribution in [0, 0.1) is 5.82 Å². The number of halogens is 1. The third-order valence-corrected chi connectivity index (χ3v) is 1.99. The summed E-state index contributed by atoms with van der Waals surface area (Å²) in [5.74, 6) is 0.424. The Labute approximate surface area is 83.9 Å². The monoisotopic (exact) mass is 197 g/mol. The highest BCUT2D eigenvalue weighted by molar-refractivity contribution is 5.22. The standard InChI is InChI=1S/C11H16FNO/c1-2-3-11(8-13)14-10-6-4-9(12)5-7-10/h4-7,11H,2-3,8,13H2,1H3. The van der Waals surface area contributed by atoms with Crippen LogP contribution in [0.3, 0.4) is 0 Å². The predicted molar refractivity (Wildman–Crippen MR) is 54.8 cm³/mol. The lowest BCUT2D eigenvalue weighted by atomic mass is 10.2. The van der Waals surface area contributed by atoms with E-state index >= 15 is 0 Å². The quantitative estimate of drug-likeness (QED) is 0.786. The molecule has 0 amide bonds. The number of hydrogen-bond donors (Lipinski definition) is 1. The number of ether oxygens (including phenoxy) is 1. The van der Waals surface area contributed by atoms with Crippen LogP contribution in [0.2, 0.25) is 0 Å². The van der Waals surface area contributed by atoms with Crippen LogP contribution < -0.4 is 10.5 Å². The normalized spacial score (nSPS) is 12.5. The van der Waals surface area contributed by atoms with Crippen LogP contribution in [0.4, 0.5) is 4.39 Å². The average Bonchev–Trinajstić information content (AvgIpc) is 2.20. The van der Waals surface area contributed by atoms with Gasteiger partial charge in [-0.15, -0.1) is 0 Å². The van der Waals surface area contributed by atoms with E-state index in [1.807, 2.05) is 0 Å². The van der Waals surface area contributed by atoms with E-state index < -0.39 is 0 Å². The molecule has 2 nitrogen and oxygen atoms in total. The fourth-order valence-corrected chi connectivity index (χ4v) is 1.25. The highest BCUT2D eigenvalue weighted by Gasteiger charge is 2.06. The molecule has 0 aliphatic heterocycles. The first kappa shape index (κ1) is 11.0. The van der Waals surface area contributed by atoms with E-state index in [0.29, 0.717) is 12.3 Å². The molecule has 0 aliphatic rings. The molecule has 1 aromatic carbocycles. The lowest BCUT2D eigenvalue weighted by molar-refractivity contribution is 0.198. The van der Waals surface area contributed by atoms with Gasteiger partial charge in [-0.3, -0.25) is 0 Å². The Morgan fingerprint density at radius 2 is 2.00 bits per heavy atom. The fourth-order valence-electron chi connectivity index (χ4n) is 1.25. The minimum absolute atomic E-state index is 0.0328. The van der Waals surface area contributed by atoms with Gasteiger partial charge in [-0.1, -0.05) is 13.3 Å². The molecule has 78 valence electrons. The summed E-state index contributed by atoms with van der Waals surface area (Å²) < 4.78 is 18.1. The largest absolute Gasteiger partial charge is 0.489 e. The molecule has 0 heterocycles. The van der Waals surface area contributed by atoms with Crippen LogP contribution in [-0.4, -0.2) is 12.6 Å². The molecule has 2 N–H and O–H groups in total. The molecule has 1 rings (SSSR count). The summed E-state index contributed by atoms with van der Waals surface area (Å²) in [6.45, 7) is 2.57. The molecule has 14 heavy (non-hydrogen) atoms. The third kappa shape index (κ3) is 3.34. The Kier molecular flexibility index (Phi) is 4.40. The summed E-state index contributed by atoms with van der Waals surface area (Å²) >= 11 is 0. The average molecular weight is 197 g/mol. The van der Waals surface area contributed by atoms with E-state index in [2.05, 4.69) is 6.92 Å². The van der Waals surface area contributed by atoms with Crippen molar-refractivity contribution in [2.45, 2.75) is 25.9 Å². The van der Waals surface area contributed by atoms with Gasteiger partial charge < -0.3 is 10.5 Å². The molecule has 1 aromatic rings. The second kappa shape index (κ2) is 5.60. The van der Waals surface area contributed by atoms with Gasteiger partial charge in [-0.05, 0) is 30.7 Å². The Balaban J connectivity index is 2.53. The zero-order chi connectivity index (χ0) is 10.4. The smallest absolute Gasteiger partial charge is 0.123 e. The summed E-state index contributed by atoms with van der Waals surface area (Å²) in [5.41, 5.74) is 5.54. The Bertz CT molecular complexity index is 260. The lowest BCUT2D eigenvalue weighted by Gasteiger charge is -2.16. The SMILES string of the molecule is CCCC(CN)Oc1ccc(F)cc1. The van der Waals surface area contributed by atoms with Crippen molar-refractivity contribution >= 4 is 0 Å². The molecule has 0 fully saturated rings. The first-order valence-electron chi connectivity index (χ1n) is 4.88. The highest BCUT2D eigenvalue weighted by Crippen LogP contribution is 2.14. The van der Waals surface area contributed by atoms with E-state index in [-0.39, 0.29) is 11.9 Å². The first-order chi connectivity index (χ1) is 6.76. The van der Waals surface area contributed by atoms with Crippen LogP contribution in [0.15, 0.2) is 24.3 Å². The van der Waals surface area contributed by atoms with E-state index in [0.717, 1.165) is 12.8 Å². The molecule has 1 atom stereocenters. The van der Waals surface area contributed by atoms with Crippen molar-refractivity contribution in [3.05, 3.63) is 30.1 Å². The number of hydrogen-bond acceptors (Lipinski definition) is 2. The van der Waals surface area contributed by atoms with Gasteiger partial charge in [0.25, 0.3) is 0 Å². The van der Waals surface area contributed by atoms with Crippen LogP contribution in [-0.2, 0) is 0 Å². The van der Waals surface area contributed by atoms with Crippen molar-refractivity contribution in [3.63, 3.8) is 0 Å². The molecule has 0 saturated carbocycles. The van der Waals surface area contributed by atoms with Crippen LogP contribution in [0.25, 0.3) is 0 Å². The van der Waals surface area contributed by atoms with Crippen LogP contribution >= 0.6 is 0 Å². The van der Waals surface area contributed by atoms with Crippen molar-refractivity contribution in [1.29, 1.82) is 0 Å². The molecule has 0 radical (unpaired) electrons. The molecule has 1 unspecified atom stereocenters. The molecule has 0 aromatic heterocycles. The van der Waals surface area contributed by atoms with Gasteiger partial charge in [0, 0.05) is 6.54 Å². The van der Waals surface area contributed by atoms with Gasteiger partial charge in [0.15, 0.2) is 0 Å². The summed E-state index contributed by atoms with van der Waals surface area (Å²) in [6.07, 6.45) is 1.99. The zero-order valence-electron chi connectivity index (χ0n) is 8.37. The van der Waals surface area contributed by atoms with Gasteiger partial charge in [-0.2, -0.15) is 0 Å². The predicted octanol–water partition coefficient (Wildman–Crippen LogP) is 2.33. The lowest BCUT2D eigenvalue weighted by Crippen LogP contribution is -2.26. The Morgan fingerprint density at radius 3 is 2.50 bits per heavy atom.